The van der Waals surface area contributed by atoms with Crippen molar-refractivity contribution in [1.82, 2.24) is 10.3 Å². The zero-order valence-corrected chi connectivity index (χ0v) is 14.6. The van der Waals surface area contributed by atoms with E-state index in [0.29, 0.717) is 0 Å². The van der Waals surface area contributed by atoms with Gasteiger partial charge in [0.2, 0.25) is 0 Å². The number of fused-ring (bicyclic) bond motifs is 1. The fraction of sp³-hybridized carbons (Fsp3) is 0.188. The molecule has 1 atom stereocenters. The van der Waals surface area contributed by atoms with Crippen molar-refractivity contribution in [3.63, 3.8) is 0 Å². The second-order valence-corrected chi connectivity index (χ2v) is 7.45. The highest BCUT2D eigenvalue weighted by Gasteiger charge is 2.17. The average Bonchev–Trinajstić information content (AvgIpc) is 2.89. The van der Waals surface area contributed by atoms with Crippen molar-refractivity contribution in [3.8, 4) is 0 Å². The summed E-state index contributed by atoms with van der Waals surface area (Å²) >= 11 is 11.3. The number of rotatable bonds is 4. The third-order valence-electron chi connectivity index (χ3n) is 3.42. The first-order chi connectivity index (χ1) is 10.2. The highest BCUT2D eigenvalue weighted by Crippen LogP contribution is 2.30. The molecule has 2 nitrogen and oxygen atoms in total. The number of pyridine rings is 1. The molecule has 0 aliphatic rings. The lowest BCUT2D eigenvalue weighted by Gasteiger charge is -2.17. The summed E-state index contributed by atoms with van der Waals surface area (Å²) in [6.07, 6.45) is 0.873. The number of thiophene rings is 1. The first kappa shape index (κ1) is 15.0. The maximum atomic E-state index is 6.02. The van der Waals surface area contributed by atoms with Gasteiger partial charge in [0.05, 0.1) is 21.6 Å². The molecule has 1 N–H and O–H groups in total. The van der Waals surface area contributed by atoms with E-state index in [1.807, 2.05) is 31.3 Å². The van der Waals surface area contributed by atoms with E-state index in [-0.39, 0.29) is 6.04 Å². The molecule has 1 aromatic carbocycles. The van der Waals surface area contributed by atoms with Crippen LogP contribution in [0.1, 0.15) is 16.6 Å². The number of para-hydroxylation sites is 1. The van der Waals surface area contributed by atoms with Crippen LogP contribution in [-0.2, 0) is 6.42 Å². The summed E-state index contributed by atoms with van der Waals surface area (Å²) in [5.41, 5.74) is 2.04. The second-order valence-electron chi connectivity index (χ2n) is 4.80. The van der Waals surface area contributed by atoms with Crippen molar-refractivity contribution in [2.45, 2.75) is 12.5 Å². The van der Waals surface area contributed by atoms with Gasteiger partial charge in [-0.15, -0.1) is 11.3 Å². The Kier molecular flexibility index (Phi) is 4.60. The zero-order chi connectivity index (χ0) is 14.8. The van der Waals surface area contributed by atoms with Gasteiger partial charge >= 0.3 is 0 Å². The van der Waals surface area contributed by atoms with E-state index in [0.717, 1.165) is 31.8 Å². The van der Waals surface area contributed by atoms with Crippen LogP contribution < -0.4 is 5.32 Å². The van der Waals surface area contributed by atoms with Crippen LogP contribution in [0.4, 0.5) is 0 Å². The number of hydrogen-bond donors (Lipinski definition) is 1. The fourth-order valence-electron chi connectivity index (χ4n) is 2.35. The molecule has 3 rings (SSSR count). The Bertz CT molecular complexity index is 772. The van der Waals surface area contributed by atoms with E-state index in [9.17, 15) is 0 Å². The lowest BCUT2D eigenvalue weighted by atomic mass is 10.1. The van der Waals surface area contributed by atoms with Crippen LogP contribution in [0.5, 0.6) is 0 Å². The van der Waals surface area contributed by atoms with Crippen molar-refractivity contribution in [1.29, 1.82) is 0 Å². The molecule has 21 heavy (non-hydrogen) atoms. The summed E-state index contributed by atoms with van der Waals surface area (Å²) in [7, 11) is 1.96. The van der Waals surface area contributed by atoms with Crippen molar-refractivity contribution in [2.24, 2.45) is 0 Å². The minimum atomic E-state index is 0.152. The number of nitrogens with one attached hydrogen (secondary N) is 1. The molecule has 0 bridgehead atoms. The minimum Gasteiger partial charge on any atom is -0.311 e. The van der Waals surface area contributed by atoms with E-state index in [2.05, 4.69) is 39.4 Å². The largest absolute Gasteiger partial charge is 0.311 e. The monoisotopic (exact) mass is 380 g/mol. The molecule has 108 valence electrons. The Morgan fingerprint density at radius 3 is 2.81 bits per heavy atom. The Balaban J connectivity index is 1.97. The maximum Gasteiger partial charge on any atom is 0.0931 e. The fourth-order valence-corrected chi connectivity index (χ4v) is 4.09. The highest BCUT2D eigenvalue weighted by molar-refractivity contribution is 9.10. The van der Waals surface area contributed by atoms with E-state index >= 15 is 0 Å². The highest BCUT2D eigenvalue weighted by atomic mass is 79.9. The predicted octanol–water partition coefficient (Wildman–Crippen LogP) is 5.22. The molecule has 0 radical (unpaired) electrons. The molecule has 5 heteroatoms. The van der Waals surface area contributed by atoms with Gasteiger partial charge in [0.1, 0.15) is 0 Å². The predicted molar refractivity (Wildman–Crippen MR) is 94.3 cm³/mol. The summed E-state index contributed by atoms with van der Waals surface area (Å²) in [4.78, 5) is 6.06. The lowest BCUT2D eigenvalue weighted by molar-refractivity contribution is 0.579. The third-order valence-corrected chi connectivity index (χ3v) is 5.31. The second kappa shape index (κ2) is 6.44. The zero-order valence-electron chi connectivity index (χ0n) is 11.4. The molecule has 0 saturated heterocycles. The summed E-state index contributed by atoms with van der Waals surface area (Å²) in [6.45, 7) is 0. The van der Waals surface area contributed by atoms with Gasteiger partial charge in [-0.1, -0.05) is 29.8 Å². The van der Waals surface area contributed by atoms with Crippen LogP contribution in [0.3, 0.4) is 0 Å². The Hall–Kier alpha value is -0.940. The molecule has 3 aromatic rings. The minimum absolute atomic E-state index is 0.152. The number of nitrogens with zero attached hydrogens (tertiary/aromatic N) is 1. The van der Waals surface area contributed by atoms with Gasteiger partial charge in [-0.25, -0.2) is 4.98 Å². The first-order valence-electron chi connectivity index (χ1n) is 6.64. The summed E-state index contributed by atoms with van der Waals surface area (Å²) in [5, 5.41) is 4.49. The van der Waals surface area contributed by atoms with Crippen LogP contribution in [0.2, 0.25) is 4.34 Å². The van der Waals surface area contributed by atoms with Crippen LogP contribution in [0, 0.1) is 0 Å². The quantitative estimate of drug-likeness (QED) is 0.670. The molecular weight excluding hydrogens is 368 g/mol. The molecule has 0 aliphatic heterocycles. The molecule has 0 amide bonds. The molecular formula is C16H14BrClN2S. The molecule has 2 heterocycles. The normalized spacial score (nSPS) is 12.7. The van der Waals surface area contributed by atoms with Gasteiger partial charge in [0, 0.05) is 21.2 Å². The summed E-state index contributed by atoms with van der Waals surface area (Å²) in [6, 6.07) is 14.5. The summed E-state index contributed by atoms with van der Waals surface area (Å²) < 4.78 is 1.86. The number of likely N-dealkylation sites (N-methyl/N-ethyl adjacent to an activating group) is 1. The van der Waals surface area contributed by atoms with E-state index in [1.165, 1.54) is 4.88 Å². The van der Waals surface area contributed by atoms with Gasteiger partial charge in [0.15, 0.2) is 0 Å². The Morgan fingerprint density at radius 2 is 2.10 bits per heavy atom. The standard InChI is InChI=1S/C16H14BrClN2S/c1-19-14(9-11-6-7-15(18)21-11)16-12(17)8-10-4-2-3-5-13(10)20-16/h2-8,14,19H,9H2,1H3. The van der Waals surface area contributed by atoms with Crippen LogP contribution in [-0.4, -0.2) is 12.0 Å². The van der Waals surface area contributed by atoms with Gasteiger partial charge in [-0.3, -0.25) is 0 Å². The van der Waals surface area contributed by atoms with Crippen molar-refractivity contribution < 1.29 is 0 Å². The van der Waals surface area contributed by atoms with Crippen molar-refractivity contribution in [3.05, 3.63) is 61.8 Å². The molecule has 0 aliphatic carbocycles. The van der Waals surface area contributed by atoms with E-state index in [4.69, 9.17) is 16.6 Å². The molecule has 0 spiro atoms. The Morgan fingerprint density at radius 1 is 1.29 bits per heavy atom. The maximum absolute atomic E-state index is 6.02. The van der Waals surface area contributed by atoms with Gasteiger partial charge in [-0.05, 0) is 47.2 Å². The number of aromatic nitrogens is 1. The molecule has 0 fully saturated rings. The van der Waals surface area contributed by atoms with Crippen LogP contribution >= 0.6 is 38.9 Å². The van der Waals surface area contributed by atoms with Gasteiger partial charge in [-0.2, -0.15) is 0 Å². The number of hydrogen-bond acceptors (Lipinski definition) is 3. The number of benzene rings is 1. The summed E-state index contributed by atoms with van der Waals surface area (Å²) in [5.74, 6) is 0. The molecule has 1 unspecified atom stereocenters. The SMILES string of the molecule is CNC(Cc1ccc(Cl)s1)c1nc2ccccc2cc1Br. The third kappa shape index (κ3) is 3.29. The number of halogens is 2. The van der Waals surface area contributed by atoms with Gasteiger partial charge in [0.25, 0.3) is 0 Å². The van der Waals surface area contributed by atoms with E-state index in [1.54, 1.807) is 11.3 Å². The van der Waals surface area contributed by atoms with E-state index < -0.39 is 0 Å². The average molecular weight is 382 g/mol. The van der Waals surface area contributed by atoms with Crippen LogP contribution in [0.25, 0.3) is 10.9 Å². The Labute approximate surface area is 141 Å². The molecule has 0 saturated carbocycles. The smallest absolute Gasteiger partial charge is 0.0931 e. The first-order valence-corrected chi connectivity index (χ1v) is 8.63. The van der Waals surface area contributed by atoms with Crippen LogP contribution in [0.15, 0.2) is 46.9 Å². The lowest BCUT2D eigenvalue weighted by Crippen LogP contribution is -2.20. The van der Waals surface area contributed by atoms with Crippen molar-refractivity contribution >= 4 is 49.8 Å². The van der Waals surface area contributed by atoms with Gasteiger partial charge < -0.3 is 5.32 Å². The van der Waals surface area contributed by atoms with Crippen molar-refractivity contribution in [2.75, 3.05) is 7.05 Å². The topological polar surface area (TPSA) is 24.9 Å². The molecule has 2 aromatic heterocycles.